The number of rotatable bonds is 33. The number of nitrogens with one attached hydrogen (secondary N) is 5. The SMILES string of the molecule is CC[C@H](C)[C@@H]([C@@H](CC(=O)N1CCC[C@H]1[C@H](OC)[C@@H](C)C(=O)N[C@@H](Cc1c[nH]c2ccccc12)C(N)=O)OC)N(C)C(=O)[C@@H](NC(=O)[C@H](C(C)C)N(C)CCCCCC(=O)NNC(=O)CCCCCN1C(=O)C=CC1=O)C(C)C. The first-order valence-corrected chi connectivity index (χ1v) is 27.9. The average Bonchev–Trinajstić information content (AvgIpc) is 4.16. The monoisotopic (exact) mass is 1090 g/mol. The van der Waals surface area contributed by atoms with E-state index >= 15 is 0 Å². The second-order valence-corrected chi connectivity index (χ2v) is 21.9. The number of primary amides is 1. The molecule has 0 radical (unpaired) electrons. The molecular weight excluding hydrogens is 1000 g/mol. The van der Waals surface area contributed by atoms with Gasteiger partial charge in [0.2, 0.25) is 41.4 Å². The van der Waals surface area contributed by atoms with Gasteiger partial charge in [0.05, 0.1) is 42.7 Å². The second kappa shape index (κ2) is 31.4. The molecule has 2 aromatic rings. The van der Waals surface area contributed by atoms with Crippen molar-refractivity contribution in [3.63, 3.8) is 0 Å². The number of hydrogen-bond donors (Lipinski definition) is 6. The Morgan fingerprint density at radius 2 is 1.44 bits per heavy atom. The Labute approximate surface area is 461 Å². The van der Waals surface area contributed by atoms with Crippen LogP contribution in [0.5, 0.6) is 0 Å². The molecule has 1 aromatic carbocycles. The van der Waals surface area contributed by atoms with Gasteiger partial charge in [-0.25, -0.2) is 0 Å². The molecule has 0 aliphatic carbocycles. The zero-order valence-corrected chi connectivity index (χ0v) is 48.1. The average molecular weight is 1090 g/mol. The summed E-state index contributed by atoms with van der Waals surface area (Å²) in [7, 11) is 6.60. The Morgan fingerprint density at radius 1 is 0.808 bits per heavy atom. The number of unbranched alkanes of at least 4 members (excludes halogenated alkanes) is 4. The number of nitrogens with zero attached hydrogens (tertiary/aromatic N) is 4. The molecule has 7 N–H and O–H groups in total. The van der Waals surface area contributed by atoms with Gasteiger partial charge in [-0.1, -0.05) is 85.9 Å². The van der Waals surface area contributed by atoms with E-state index < -0.39 is 60.1 Å². The Hall–Kier alpha value is -6.19. The van der Waals surface area contributed by atoms with E-state index in [2.05, 4.69) is 26.5 Å². The molecule has 1 aromatic heterocycles. The summed E-state index contributed by atoms with van der Waals surface area (Å²) in [4.78, 5) is 128. The summed E-state index contributed by atoms with van der Waals surface area (Å²) in [5.74, 6) is -4.47. The van der Waals surface area contributed by atoms with Crippen LogP contribution in [0.3, 0.4) is 0 Å². The van der Waals surface area contributed by atoms with E-state index in [4.69, 9.17) is 15.2 Å². The number of nitrogens with two attached hydrogens (primary N) is 1. The van der Waals surface area contributed by atoms with Gasteiger partial charge in [-0.2, -0.15) is 0 Å². The quantitative estimate of drug-likeness (QED) is 0.0338. The van der Waals surface area contributed by atoms with E-state index in [0.29, 0.717) is 77.4 Å². The van der Waals surface area contributed by atoms with Gasteiger partial charge in [0.15, 0.2) is 0 Å². The van der Waals surface area contributed by atoms with Gasteiger partial charge in [-0.05, 0) is 81.5 Å². The van der Waals surface area contributed by atoms with Crippen LogP contribution in [-0.2, 0) is 59.0 Å². The van der Waals surface area contributed by atoms with Gasteiger partial charge >= 0.3 is 0 Å². The van der Waals surface area contributed by atoms with E-state index in [9.17, 15) is 43.2 Å². The van der Waals surface area contributed by atoms with Crippen molar-refractivity contribution in [2.24, 2.45) is 29.4 Å². The predicted molar refractivity (Wildman–Crippen MR) is 296 cm³/mol. The van der Waals surface area contributed by atoms with E-state index in [1.807, 2.05) is 77.8 Å². The zero-order valence-electron chi connectivity index (χ0n) is 48.1. The fraction of sp³-hybridized carbons (Fsp3) is 0.667. The lowest BCUT2D eigenvalue weighted by Crippen LogP contribution is -2.60. The van der Waals surface area contributed by atoms with Gasteiger partial charge in [0, 0.05) is 82.9 Å². The molecular formula is C57H90N10O11. The molecule has 4 rings (SSSR count). The number of carbonyl (C=O) groups is 9. The van der Waals surface area contributed by atoms with Crippen molar-refractivity contribution < 1.29 is 52.6 Å². The number of carbonyl (C=O) groups excluding carboxylic acids is 9. The molecule has 0 spiro atoms. The number of amides is 9. The van der Waals surface area contributed by atoms with Crippen LogP contribution in [0.1, 0.15) is 131 Å². The number of fused-ring (bicyclic) bond motifs is 1. The summed E-state index contributed by atoms with van der Waals surface area (Å²) in [6.07, 6.45) is 9.06. The predicted octanol–water partition coefficient (Wildman–Crippen LogP) is 3.89. The maximum atomic E-state index is 14.7. The second-order valence-electron chi connectivity index (χ2n) is 21.9. The standard InChI is InChI=1S/C57H90N10O11/c1-12-37(6)52(44(77-10)33-49(72)66-31-21-24-43(66)53(78-11)38(7)55(74)60-42(54(58)73)32-39-34-59-41-23-18-17-22-40(39)41)65(9)57(76)50(35(2)3)61-56(75)51(36(4)5)64(8)29-19-13-15-25-45(68)62-63-46(69)26-16-14-20-30-67-47(70)27-28-48(67)71/h17-18,22-23,27-28,34-38,42-44,50-53,59H,12-16,19-21,24-26,29-33H2,1-11H3,(H2,58,73)(H,60,74)(H,61,75)(H,62,68)(H,63,69)/t37-,38+,42-,43-,44+,50-,51-,52-,53+/m0/s1. The van der Waals surface area contributed by atoms with Gasteiger partial charge in [-0.15, -0.1) is 0 Å². The number of hydrogen-bond acceptors (Lipinski definition) is 12. The number of aromatic nitrogens is 1. The van der Waals surface area contributed by atoms with E-state index in [-0.39, 0.29) is 84.8 Å². The topological polar surface area (TPSA) is 275 Å². The number of likely N-dealkylation sites (N-methyl/N-ethyl adjacent to an activating group) is 2. The molecule has 9 amide bonds. The molecule has 2 aliphatic heterocycles. The number of benzene rings is 1. The zero-order chi connectivity index (χ0) is 57.8. The molecule has 3 heterocycles. The summed E-state index contributed by atoms with van der Waals surface area (Å²) in [5.41, 5.74) is 12.4. The summed E-state index contributed by atoms with van der Waals surface area (Å²) in [6, 6.07) is 4.23. The Balaban J connectivity index is 1.30. The van der Waals surface area contributed by atoms with Crippen molar-refractivity contribution in [1.29, 1.82) is 0 Å². The number of imide groups is 1. The molecule has 434 valence electrons. The fourth-order valence-corrected chi connectivity index (χ4v) is 10.9. The molecule has 9 atom stereocenters. The van der Waals surface area contributed by atoms with Crippen LogP contribution in [0.25, 0.3) is 10.9 Å². The normalized spacial score (nSPS) is 17.7. The van der Waals surface area contributed by atoms with Crippen molar-refractivity contribution >= 4 is 64.1 Å². The number of aromatic amines is 1. The van der Waals surface area contributed by atoms with Crippen LogP contribution >= 0.6 is 0 Å². The summed E-state index contributed by atoms with van der Waals surface area (Å²) < 4.78 is 12.1. The van der Waals surface area contributed by atoms with Gasteiger partial charge in [0.25, 0.3) is 11.8 Å². The number of methoxy groups -OCH3 is 2. The molecule has 0 bridgehead atoms. The molecule has 2 aliphatic rings. The van der Waals surface area contributed by atoms with Crippen LogP contribution < -0.4 is 27.2 Å². The number of para-hydroxylation sites is 1. The van der Waals surface area contributed by atoms with Crippen molar-refractivity contribution in [3.8, 4) is 0 Å². The summed E-state index contributed by atoms with van der Waals surface area (Å²) in [6.45, 7) is 14.7. The largest absolute Gasteiger partial charge is 0.379 e. The van der Waals surface area contributed by atoms with E-state index in [0.717, 1.165) is 16.5 Å². The maximum absolute atomic E-state index is 14.7. The minimum absolute atomic E-state index is 0.0543. The Kier molecular flexibility index (Phi) is 25.9. The van der Waals surface area contributed by atoms with Gasteiger partial charge in [-0.3, -0.25) is 63.8 Å². The maximum Gasteiger partial charge on any atom is 0.253 e. The van der Waals surface area contributed by atoms with Crippen molar-refractivity contribution in [3.05, 3.63) is 48.2 Å². The third-order valence-electron chi connectivity index (χ3n) is 15.6. The first kappa shape index (κ1) is 64.3. The third kappa shape index (κ3) is 17.9. The van der Waals surface area contributed by atoms with Crippen molar-refractivity contribution in [1.82, 2.24) is 46.1 Å². The lowest BCUT2D eigenvalue weighted by Gasteiger charge is -2.41. The Bertz CT molecular complexity index is 2370. The minimum atomic E-state index is -0.982. The number of ether oxygens (including phenoxy) is 2. The first-order valence-electron chi connectivity index (χ1n) is 27.9. The highest BCUT2D eigenvalue weighted by atomic mass is 16.5. The van der Waals surface area contributed by atoms with Crippen LogP contribution in [-0.4, -0.2) is 168 Å². The number of hydrazine groups is 1. The lowest BCUT2D eigenvalue weighted by atomic mass is 9.89. The molecule has 21 nitrogen and oxygen atoms in total. The van der Waals surface area contributed by atoms with Gasteiger partial charge in [0.1, 0.15) is 12.1 Å². The van der Waals surface area contributed by atoms with Crippen LogP contribution in [0.2, 0.25) is 0 Å². The fourth-order valence-electron chi connectivity index (χ4n) is 10.9. The van der Waals surface area contributed by atoms with Crippen LogP contribution in [0.4, 0.5) is 0 Å². The molecule has 0 saturated carbocycles. The highest BCUT2D eigenvalue weighted by molar-refractivity contribution is 6.12. The third-order valence-corrected chi connectivity index (χ3v) is 15.6. The molecule has 1 saturated heterocycles. The van der Waals surface area contributed by atoms with E-state index in [1.54, 1.807) is 30.0 Å². The first-order chi connectivity index (χ1) is 37.1. The highest BCUT2D eigenvalue weighted by Gasteiger charge is 2.44. The van der Waals surface area contributed by atoms with Gasteiger partial charge < -0.3 is 40.6 Å². The summed E-state index contributed by atoms with van der Waals surface area (Å²) >= 11 is 0. The Morgan fingerprint density at radius 3 is 2.01 bits per heavy atom. The van der Waals surface area contributed by atoms with Crippen molar-refractivity contribution in [2.75, 3.05) is 47.9 Å². The van der Waals surface area contributed by atoms with Crippen LogP contribution in [0.15, 0.2) is 42.6 Å². The molecule has 0 unspecified atom stereocenters. The minimum Gasteiger partial charge on any atom is -0.379 e. The smallest absolute Gasteiger partial charge is 0.253 e. The number of H-pyrrole nitrogens is 1. The van der Waals surface area contributed by atoms with Crippen LogP contribution in [0, 0.1) is 23.7 Å². The molecule has 21 heteroatoms. The molecule has 78 heavy (non-hydrogen) atoms. The summed E-state index contributed by atoms with van der Waals surface area (Å²) in [5, 5.41) is 6.87. The highest BCUT2D eigenvalue weighted by Crippen LogP contribution is 2.30. The van der Waals surface area contributed by atoms with E-state index in [1.165, 1.54) is 31.3 Å². The lowest BCUT2D eigenvalue weighted by molar-refractivity contribution is -0.148. The van der Waals surface area contributed by atoms with Crippen molar-refractivity contribution in [2.45, 2.75) is 174 Å². The molecule has 1 fully saturated rings. The number of likely N-dealkylation sites (tertiary alicyclic amines) is 1.